The van der Waals surface area contributed by atoms with Crippen molar-refractivity contribution in [3.05, 3.63) is 35.4 Å². The largest absolute Gasteiger partial charge is 0.381 e. The number of rotatable bonds is 4. The molecule has 1 aliphatic heterocycles. The normalized spacial score (nSPS) is 19.6. The third-order valence-electron chi connectivity index (χ3n) is 3.76. The molecule has 0 spiro atoms. The molecule has 1 heterocycles. The van der Waals surface area contributed by atoms with Gasteiger partial charge in [-0.25, -0.2) is 0 Å². The molecule has 0 aromatic heterocycles. The Morgan fingerprint density at radius 1 is 1.26 bits per heavy atom. The van der Waals surface area contributed by atoms with E-state index in [4.69, 9.17) is 4.74 Å². The maximum Gasteiger partial charge on any atom is 0.137 e. The minimum Gasteiger partial charge on any atom is -0.381 e. The molecule has 2 nitrogen and oxygen atoms in total. The first-order chi connectivity index (χ1) is 8.95. The number of carbonyl (C=O) groups is 1. The fourth-order valence-electron chi connectivity index (χ4n) is 2.49. The van der Waals surface area contributed by atoms with Gasteiger partial charge in [-0.15, -0.1) is 0 Å². The van der Waals surface area contributed by atoms with Crippen LogP contribution in [0.25, 0.3) is 0 Å². The highest BCUT2D eigenvalue weighted by molar-refractivity contribution is 5.81. The van der Waals surface area contributed by atoms with Crippen LogP contribution in [0.1, 0.15) is 44.7 Å². The smallest absolute Gasteiger partial charge is 0.137 e. The average molecular weight is 260 g/mol. The van der Waals surface area contributed by atoms with Gasteiger partial charge in [-0.3, -0.25) is 4.79 Å². The molecule has 19 heavy (non-hydrogen) atoms. The topological polar surface area (TPSA) is 26.3 Å². The first-order valence-corrected chi connectivity index (χ1v) is 7.14. The third-order valence-corrected chi connectivity index (χ3v) is 3.76. The number of Topliss-reactive ketones (excluding diaryl/α,β-unsaturated/α-hetero) is 1. The maximum absolute atomic E-state index is 12.0. The number of hydrogen-bond acceptors (Lipinski definition) is 2. The zero-order chi connectivity index (χ0) is 13.9. The van der Waals surface area contributed by atoms with Gasteiger partial charge >= 0.3 is 0 Å². The van der Waals surface area contributed by atoms with Crippen LogP contribution >= 0.6 is 0 Å². The first-order valence-electron chi connectivity index (χ1n) is 7.14. The number of ketones is 1. The minimum atomic E-state index is 0.170. The van der Waals surface area contributed by atoms with Gasteiger partial charge in [-0.2, -0.15) is 0 Å². The molecule has 0 amide bonds. The van der Waals surface area contributed by atoms with Crippen LogP contribution in [0.5, 0.6) is 0 Å². The molecule has 1 atom stereocenters. The van der Waals surface area contributed by atoms with E-state index in [-0.39, 0.29) is 5.41 Å². The van der Waals surface area contributed by atoms with Gasteiger partial charge in [-0.05, 0) is 28.9 Å². The second-order valence-electron chi connectivity index (χ2n) is 6.60. The molecule has 0 saturated carbocycles. The van der Waals surface area contributed by atoms with Crippen molar-refractivity contribution in [3.8, 4) is 0 Å². The second kappa shape index (κ2) is 5.87. The highest BCUT2D eigenvalue weighted by atomic mass is 16.5. The summed E-state index contributed by atoms with van der Waals surface area (Å²) in [6, 6.07) is 8.45. The van der Waals surface area contributed by atoms with E-state index >= 15 is 0 Å². The lowest BCUT2D eigenvalue weighted by Gasteiger charge is -2.19. The highest BCUT2D eigenvalue weighted by Crippen LogP contribution is 2.23. The molecule has 0 N–H and O–H groups in total. The molecule has 1 aromatic carbocycles. The number of hydrogen-bond donors (Lipinski definition) is 0. The maximum atomic E-state index is 12.0. The van der Waals surface area contributed by atoms with Gasteiger partial charge in [0, 0.05) is 26.1 Å². The van der Waals surface area contributed by atoms with Crippen molar-refractivity contribution in [1.82, 2.24) is 0 Å². The molecular weight excluding hydrogens is 236 g/mol. The molecular formula is C17H24O2. The van der Waals surface area contributed by atoms with Crippen LogP contribution in [-0.4, -0.2) is 19.0 Å². The van der Waals surface area contributed by atoms with E-state index in [9.17, 15) is 4.79 Å². The summed E-state index contributed by atoms with van der Waals surface area (Å²) in [5, 5.41) is 0. The lowest BCUT2D eigenvalue weighted by Crippen LogP contribution is -2.12. The molecule has 1 aliphatic rings. The van der Waals surface area contributed by atoms with Crippen molar-refractivity contribution >= 4 is 5.78 Å². The van der Waals surface area contributed by atoms with Crippen LogP contribution in [0.15, 0.2) is 24.3 Å². The van der Waals surface area contributed by atoms with Crippen LogP contribution in [-0.2, 0) is 21.4 Å². The van der Waals surface area contributed by atoms with Crippen LogP contribution in [0.2, 0.25) is 0 Å². The number of carbonyl (C=O) groups excluding carboxylic acids is 1. The summed E-state index contributed by atoms with van der Waals surface area (Å²) in [6.45, 7) is 8.18. The molecule has 0 radical (unpaired) electrons. The Kier molecular flexibility index (Phi) is 4.41. The number of ether oxygens (including phenoxy) is 1. The minimum absolute atomic E-state index is 0.170. The van der Waals surface area contributed by atoms with E-state index in [1.54, 1.807) is 0 Å². The van der Waals surface area contributed by atoms with Crippen molar-refractivity contribution in [2.24, 2.45) is 5.92 Å². The molecule has 0 bridgehead atoms. The lowest BCUT2D eigenvalue weighted by molar-refractivity contribution is -0.119. The third kappa shape index (κ3) is 4.17. The molecule has 0 aliphatic carbocycles. The van der Waals surface area contributed by atoms with Gasteiger partial charge in [0.05, 0.1) is 0 Å². The zero-order valence-electron chi connectivity index (χ0n) is 12.2. The van der Waals surface area contributed by atoms with E-state index in [0.29, 0.717) is 24.5 Å². The van der Waals surface area contributed by atoms with Crippen LogP contribution < -0.4 is 0 Å². The van der Waals surface area contributed by atoms with Crippen molar-refractivity contribution in [3.63, 3.8) is 0 Å². The van der Waals surface area contributed by atoms with E-state index in [1.807, 2.05) is 0 Å². The Morgan fingerprint density at radius 3 is 2.47 bits per heavy atom. The predicted octanol–water partition coefficient (Wildman–Crippen LogP) is 3.52. The predicted molar refractivity (Wildman–Crippen MR) is 77.4 cm³/mol. The Labute approximate surface area is 116 Å². The molecule has 2 rings (SSSR count). The van der Waals surface area contributed by atoms with Crippen LogP contribution in [0.3, 0.4) is 0 Å². The van der Waals surface area contributed by atoms with Crippen LogP contribution in [0, 0.1) is 5.92 Å². The standard InChI is InChI=1S/C17H24O2/c1-17(2,3)15-6-4-13(5-7-15)10-16(18)11-14-8-9-19-12-14/h4-7,14H,8-12H2,1-3H3. The molecule has 1 fully saturated rings. The Morgan fingerprint density at radius 2 is 1.95 bits per heavy atom. The van der Waals surface area contributed by atoms with Gasteiger partial charge < -0.3 is 4.74 Å². The van der Waals surface area contributed by atoms with E-state index in [1.165, 1.54) is 5.56 Å². The second-order valence-corrected chi connectivity index (χ2v) is 6.60. The average Bonchev–Trinajstić information content (AvgIpc) is 2.81. The van der Waals surface area contributed by atoms with E-state index in [2.05, 4.69) is 45.0 Å². The molecule has 104 valence electrons. The van der Waals surface area contributed by atoms with Crippen molar-refractivity contribution in [1.29, 1.82) is 0 Å². The van der Waals surface area contributed by atoms with Crippen LogP contribution in [0.4, 0.5) is 0 Å². The van der Waals surface area contributed by atoms with Gasteiger partial charge in [0.2, 0.25) is 0 Å². The van der Waals surface area contributed by atoms with Gasteiger partial charge in [0.25, 0.3) is 0 Å². The van der Waals surface area contributed by atoms with Crippen molar-refractivity contribution in [2.75, 3.05) is 13.2 Å². The summed E-state index contributed by atoms with van der Waals surface area (Å²) in [7, 11) is 0. The monoisotopic (exact) mass is 260 g/mol. The van der Waals surface area contributed by atoms with E-state index < -0.39 is 0 Å². The Balaban J connectivity index is 1.90. The summed E-state index contributed by atoms with van der Waals surface area (Å²) >= 11 is 0. The fourth-order valence-corrected chi connectivity index (χ4v) is 2.49. The summed E-state index contributed by atoms with van der Waals surface area (Å²) in [4.78, 5) is 12.0. The summed E-state index contributed by atoms with van der Waals surface area (Å²) in [5.41, 5.74) is 2.61. The van der Waals surface area contributed by atoms with Gasteiger partial charge in [0.1, 0.15) is 5.78 Å². The zero-order valence-corrected chi connectivity index (χ0v) is 12.2. The lowest BCUT2D eigenvalue weighted by atomic mass is 9.86. The Hall–Kier alpha value is -1.15. The SMILES string of the molecule is CC(C)(C)c1ccc(CC(=O)CC2CCOC2)cc1. The number of benzene rings is 1. The van der Waals surface area contributed by atoms with Crippen molar-refractivity contribution in [2.45, 2.75) is 45.4 Å². The first kappa shape index (κ1) is 14.3. The van der Waals surface area contributed by atoms with Gasteiger partial charge in [0.15, 0.2) is 0 Å². The fraction of sp³-hybridized carbons (Fsp3) is 0.588. The summed E-state index contributed by atoms with van der Waals surface area (Å²) < 4.78 is 5.31. The molecule has 1 unspecified atom stereocenters. The van der Waals surface area contributed by atoms with Gasteiger partial charge in [-0.1, -0.05) is 45.0 Å². The molecule has 1 aromatic rings. The van der Waals surface area contributed by atoms with E-state index in [0.717, 1.165) is 25.2 Å². The quantitative estimate of drug-likeness (QED) is 0.828. The summed E-state index contributed by atoms with van der Waals surface area (Å²) in [6.07, 6.45) is 2.26. The summed E-state index contributed by atoms with van der Waals surface area (Å²) in [5.74, 6) is 0.778. The van der Waals surface area contributed by atoms with Crippen molar-refractivity contribution < 1.29 is 9.53 Å². The Bertz CT molecular complexity index is 420. The molecule has 2 heteroatoms. The highest BCUT2D eigenvalue weighted by Gasteiger charge is 2.19. The molecule has 1 saturated heterocycles.